The third kappa shape index (κ3) is 4.59. The van der Waals surface area contributed by atoms with Crippen LogP contribution in [0.2, 0.25) is 0 Å². The van der Waals surface area contributed by atoms with Crippen LogP contribution in [0, 0.1) is 6.92 Å². The number of halogens is 1. The highest BCUT2D eigenvalue weighted by molar-refractivity contribution is 9.10. The lowest BCUT2D eigenvalue weighted by Gasteiger charge is -2.10. The van der Waals surface area contributed by atoms with Crippen molar-refractivity contribution in [1.82, 2.24) is 24.5 Å². The summed E-state index contributed by atoms with van der Waals surface area (Å²) in [6.07, 6.45) is 6.90. The molecule has 0 bridgehead atoms. The van der Waals surface area contributed by atoms with Crippen LogP contribution >= 0.6 is 27.7 Å². The first-order chi connectivity index (χ1) is 17.1. The minimum atomic E-state index is -0.120. The number of hydrogen-bond donors (Lipinski definition) is 0. The fraction of sp³-hybridized carbons (Fsp3) is 0.111. The van der Waals surface area contributed by atoms with Crippen LogP contribution in [0.5, 0.6) is 0 Å². The highest BCUT2D eigenvalue weighted by Crippen LogP contribution is 2.37. The second-order valence-electron chi connectivity index (χ2n) is 7.84. The molecule has 0 saturated carbocycles. The van der Waals surface area contributed by atoms with E-state index in [1.165, 1.54) is 0 Å². The van der Waals surface area contributed by atoms with E-state index in [1.807, 2.05) is 67.1 Å². The van der Waals surface area contributed by atoms with Gasteiger partial charge in [-0.3, -0.25) is 14.5 Å². The largest absolute Gasteiger partial charge is 0.288 e. The van der Waals surface area contributed by atoms with Crippen LogP contribution < -0.4 is 0 Å². The van der Waals surface area contributed by atoms with E-state index in [4.69, 9.17) is 5.10 Å². The van der Waals surface area contributed by atoms with Crippen LogP contribution in [0.1, 0.15) is 28.7 Å². The van der Waals surface area contributed by atoms with Gasteiger partial charge in [-0.25, -0.2) is 4.68 Å². The number of rotatable bonds is 7. The van der Waals surface area contributed by atoms with E-state index in [2.05, 4.69) is 44.2 Å². The molecule has 5 rings (SSSR count). The molecule has 0 radical (unpaired) electrons. The molecular formula is C27H22BrN5OS. The number of carbonyl (C=O) groups is 1. The van der Waals surface area contributed by atoms with Crippen molar-refractivity contribution >= 4 is 50.5 Å². The maximum Gasteiger partial charge on any atom is 0.205 e. The molecule has 5 aromatic rings. The minimum Gasteiger partial charge on any atom is -0.288 e. The number of aryl methyl sites for hydroxylation is 2. The average molecular weight is 544 g/mol. The van der Waals surface area contributed by atoms with E-state index in [9.17, 15) is 4.79 Å². The molecule has 0 saturated heterocycles. The molecule has 2 aromatic carbocycles. The van der Waals surface area contributed by atoms with E-state index in [0.717, 1.165) is 37.8 Å². The van der Waals surface area contributed by atoms with Crippen molar-refractivity contribution in [3.63, 3.8) is 0 Å². The van der Waals surface area contributed by atoms with Crippen LogP contribution in [0.25, 0.3) is 22.7 Å². The summed E-state index contributed by atoms with van der Waals surface area (Å²) in [6, 6.07) is 20.1. The zero-order valence-electron chi connectivity index (χ0n) is 19.2. The number of ketones is 1. The van der Waals surface area contributed by atoms with Crippen LogP contribution in [-0.2, 0) is 6.54 Å². The Labute approximate surface area is 215 Å². The van der Waals surface area contributed by atoms with Crippen molar-refractivity contribution in [2.45, 2.75) is 30.3 Å². The number of allylic oxidation sites excluding steroid dienone is 1. The Kier molecular flexibility index (Phi) is 6.66. The average Bonchev–Trinajstić information content (AvgIpc) is 3.42. The molecule has 0 atom stereocenters. The van der Waals surface area contributed by atoms with Crippen molar-refractivity contribution in [3.05, 3.63) is 101 Å². The Bertz CT molecular complexity index is 1550. The van der Waals surface area contributed by atoms with Gasteiger partial charge in [0.1, 0.15) is 10.7 Å². The molecule has 35 heavy (non-hydrogen) atoms. The summed E-state index contributed by atoms with van der Waals surface area (Å²) in [5, 5.41) is 11.1. The van der Waals surface area contributed by atoms with Crippen LogP contribution in [0.15, 0.2) is 93.5 Å². The van der Waals surface area contributed by atoms with Crippen molar-refractivity contribution < 1.29 is 4.79 Å². The van der Waals surface area contributed by atoms with Crippen molar-refractivity contribution in [3.8, 4) is 5.69 Å². The Morgan fingerprint density at radius 2 is 1.89 bits per heavy atom. The maximum absolute atomic E-state index is 13.1. The molecule has 0 N–H and O–H groups in total. The SMILES string of the molecule is CCn1ncc(Br)c1C(=O)/C=C/c1c(C)nn(-c2ccccc2)c1Sc1cccc2cccnc12. The zero-order chi connectivity index (χ0) is 24.4. The molecule has 174 valence electrons. The van der Waals surface area contributed by atoms with E-state index >= 15 is 0 Å². The van der Waals surface area contributed by atoms with Gasteiger partial charge in [0.2, 0.25) is 5.78 Å². The molecule has 3 heterocycles. The Hall–Kier alpha value is -3.49. The number of carbonyl (C=O) groups excluding carboxylic acids is 1. The Morgan fingerprint density at radius 1 is 1.09 bits per heavy atom. The summed E-state index contributed by atoms with van der Waals surface area (Å²) in [5.74, 6) is -0.120. The Morgan fingerprint density at radius 3 is 2.69 bits per heavy atom. The molecule has 0 fully saturated rings. The van der Waals surface area contributed by atoms with Gasteiger partial charge >= 0.3 is 0 Å². The smallest absolute Gasteiger partial charge is 0.205 e. The molecule has 3 aromatic heterocycles. The quantitative estimate of drug-likeness (QED) is 0.167. The predicted molar refractivity (Wildman–Crippen MR) is 143 cm³/mol. The second kappa shape index (κ2) is 10.0. The molecule has 0 aliphatic carbocycles. The van der Waals surface area contributed by atoms with Gasteiger partial charge in [-0.15, -0.1) is 0 Å². The van der Waals surface area contributed by atoms with Gasteiger partial charge in [-0.05, 0) is 66.2 Å². The maximum atomic E-state index is 13.1. The zero-order valence-corrected chi connectivity index (χ0v) is 21.6. The van der Waals surface area contributed by atoms with Gasteiger partial charge in [-0.1, -0.05) is 48.2 Å². The normalized spacial score (nSPS) is 11.5. The monoisotopic (exact) mass is 543 g/mol. The summed E-state index contributed by atoms with van der Waals surface area (Å²) in [4.78, 5) is 18.7. The lowest BCUT2D eigenvalue weighted by atomic mass is 10.2. The first kappa shape index (κ1) is 23.3. The van der Waals surface area contributed by atoms with E-state index in [0.29, 0.717) is 16.7 Å². The summed E-state index contributed by atoms with van der Waals surface area (Å²) in [7, 11) is 0. The summed E-state index contributed by atoms with van der Waals surface area (Å²) in [6.45, 7) is 4.53. The second-order valence-corrected chi connectivity index (χ2v) is 9.72. The third-order valence-corrected chi connectivity index (χ3v) is 7.31. The van der Waals surface area contributed by atoms with E-state index in [1.54, 1.807) is 34.9 Å². The first-order valence-electron chi connectivity index (χ1n) is 11.2. The Balaban J connectivity index is 1.61. The van der Waals surface area contributed by atoms with Gasteiger partial charge in [0.05, 0.1) is 27.6 Å². The van der Waals surface area contributed by atoms with Gasteiger partial charge in [0.25, 0.3) is 0 Å². The molecule has 8 heteroatoms. The van der Waals surface area contributed by atoms with E-state index in [-0.39, 0.29) is 5.78 Å². The molecular weight excluding hydrogens is 522 g/mol. The highest BCUT2D eigenvalue weighted by atomic mass is 79.9. The lowest BCUT2D eigenvalue weighted by molar-refractivity contribution is 0.103. The number of pyridine rings is 1. The fourth-order valence-corrected chi connectivity index (χ4v) is 5.57. The van der Waals surface area contributed by atoms with Crippen molar-refractivity contribution in [2.24, 2.45) is 0 Å². The van der Waals surface area contributed by atoms with Crippen LogP contribution in [0.4, 0.5) is 0 Å². The molecule has 0 aliphatic rings. The number of hydrogen-bond acceptors (Lipinski definition) is 5. The van der Waals surface area contributed by atoms with Crippen LogP contribution in [0.3, 0.4) is 0 Å². The van der Waals surface area contributed by atoms with Gasteiger partial charge in [0, 0.05) is 28.6 Å². The third-order valence-electron chi connectivity index (χ3n) is 5.59. The standard InChI is InChI=1S/C27H22BrN5OS/c1-3-32-26(22(28)17-30-32)23(34)15-14-21-18(2)31-33(20-11-5-4-6-12-20)27(21)35-24-13-7-9-19-10-8-16-29-25(19)24/h4-17H,3H2,1-2H3/b15-14+. The van der Waals surface area contributed by atoms with E-state index < -0.39 is 0 Å². The molecule has 0 unspecified atom stereocenters. The van der Waals surface area contributed by atoms with Gasteiger partial charge < -0.3 is 0 Å². The highest BCUT2D eigenvalue weighted by Gasteiger charge is 2.19. The first-order valence-corrected chi connectivity index (χ1v) is 12.8. The van der Waals surface area contributed by atoms with Crippen molar-refractivity contribution in [1.29, 1.82) is 0 Å². The molecule has 0 amide bonds. The van der Waals surface area contributed by atoms with Crippen molar-refractivity contribution in [2.75, 3.05) is 0 Å². The topological polar surface area (TPSA) is 65.6 Å². The molecule has 0 spiro atoms. The lowest BCUT2D eigenvalue weighted by Crippen LogP contribution is -2.07. The minimum absolute atomic E-state index is 0.120. The fourth-order valence-electron chi connectivity index (χ4n) is 3.90. The molecule has 6 nitrogen and oxygen atoms in total. The summed E-state index contributed by atoms with van der Waals surface area (Å²) < 4.78 is 4.30. The summed E-state index contributed by atoms with van der Waals surface area (Å²) in [5.41, 5.74) is 4.13. The summed E-state index contributed by atoms with van der Waals surface area (Å²) >= 11 is 5.04. The predicted octanol–water partition coefficient (Wildman–Crippen LogP) is 6.76. The number of fused-ring (bicyclic) bond motifs is 1. The van der Waals surface area contributed by atoms with Crippen LogP contribution in [-0.4, -0.2) is 30.3 Å². The number of para-hydroxylation sites is 2. The number of benzene rings is 2. The number of nitrogens with zero attached hydrogens (tertiary/aromatic N) is 5. The number of aromatic nitrogens is 5. The molecule has 0 aliphatic heterocycles. The van der Waals surface area contributed by atoms with Gasteiger partial charge in [0.15, 0.2) is 0 Å². The van der Waals surface area contributed by atoms with Gasteiger partial charge in [-0.2, -0.15) is 10.2 Å².